The molecular weight excluding hydrogens is 282 g/mol. The van der Waals surface area contributed by atoms with Gasteiger partial charge in [-0.1, -0.05) is 19.3 Å². The topological polar surface area (TPSA) is 45.4 Å². The molecule has 0 radical (unpaired) electrons. The van der Waals surface area contributed by atoms with Gasteiger partial charge >= 0.3 is 0 Å². The van der Waals surface area contributed by atoms with Crippen LogP contribution in [0.2, 0.25) is 0 Å². The predicted octanol–water partition coefficient (Wildman–Crippen LogP) is 3.39. The van der Waals surface area contributed by atoms with Crippen LogP contribution in [0.4, 0.5) is 0 Å². The average Bonchev–Trinajstić information content (AvgIpc) is 2.63. The van der Waals surface area contributed by atoms with Crippen LogP contribution in [0.5, 0.6) is 0 Å². The van der Waals surface area contributed by atoms with Crippen LogP contribution in [-0.2, 0) is 0 Å². The first-order chi connectivity index (χ1) is 8.16. The normalized spacial score (nSPS) is 27.7. The molecule has 3 unspecified atom stereocenters. The lowest BCUT2D eigenvalue weighted by Crippen LogP contribution is -2.40. The fraction of sp³-hybridized carbons (Fsp3) is 0.692. The summed E-state index contributed by atoms with van der Waals surface area (Å²) in [6.07, 6.45) is 5.30. The van der Waals surface area contributed by atoms with Crippen molar-refractivity contribution in [3.05, 3.63) is 22.6 Å². The highest BCUT2D eigenvalue weighted by molar-refractivity contribution is 9.10. The zero-order chi connectivity index (χ0) is 12.3. The van der Waals surface area contributed by atoms with Crippen molar-refractivity contribution in [3.63, 3.8) is 0 Å². The molecule has 2 rings (SSSR count). The Labute approximate surface area is 111 Å². The van der Waals surface area contributed by atoms with E-state index in [1.54, 1.807) is 0 Å². The summed E-state index contributed by atoms with van der Waals surface area (Å²) in [5.41, 5.74) is 0. The van der Waals surface area contributed by atoms with Crippen LogP contribution in [0.3, 0.4) is 0 Å². The smallest absolute Gasteiger partial charge is 0.169 e. The maximum Gasteiger partial charge on any atom is 0.169 e. The van der Waals surface area contributed by atoms with Gasteiger partial charge in [0.05, 0.1) is 12.1 Å². The van der Waals surface area contributed by atoms with Crippen molar-refractivity contribution >= 4 is 15.9 Å². The molecule has 0 bridgehead atoms. The molecule has 1 fully saturated rings. The lowest BCUT2D eigenvalue weighted by atomic mass is 10.0. The number of rotatable bonds is 3. The van der Waals surface area contributed by atoms with Gasteiger partial charge in [0.1, 0.15) is 5.76 Å². The Bertz CT molecular complexity index is 353. The van der Waals surface area contributed by atoms with Crippen molar-refractivity contribution in [1.29, 1.82) is 0 Å². The summed E-state index contributed by atoms with van der Waals surface area (Å²) in [5, 5.41) is 13.5. The molecule has 1 heterocycles. The number of furan rings is 1. The van der Waals surface area contributed by atoms with E-state index in [2.05, 4.69) is 28.2 Å². The Morgan fingerprint density at radius 1 is 1.35 bits per heavy atom. The molecule has 1 aromatic rings. The molecule has 1 aliphatic rings. The second-order valence-corrected chi connectivity index (χ2v) is 5.62. The Kier molecular flexibility index (Phi) is 4.65. The van der Waals surface area contributed by atoms with Gasteiger partial charge < -0.3 is 14.8 Å². The highest BCUT2D eigenvalue weighted by atomic mass is 79.9. The quantitative estimate of drug-likeness (QED) is 0.841. The summed E-state index contributed by atoms with van der Waals surface area (Å²) in [5.74, 6) is 0.910. The second-order valence-electron chi connectivity index (χ2n) is 4.84. The molecule has 1 saturated carbocycles. The van der Waals surface area contributed by atoms with Crippen LogP contribution in [0.1, 0.15) is 50.8 Å². The highest BCUT2D eigenvalue weighted by Crippen LogP contribution is 2.24. The molecule has 3 nitrogen and oxygen atoms in total. The standard InChI is InChI=1S/C13H20BrNO2/c1-9(12-7-8-13(14)17-12)15-10-5-3-2-4-6-11(10)16/h7-11,15-16H,2-6H2,1H3. The summed E-state index contributed by atoms with van der Waals surface area (Å²) in [7, 11) is 0. The van der Waals surface area contributed by atoms with Gasteiger partial charge in [-0.15, -0.1) is 0 Å². The van der Waals surface area contributed by atoms with Gasteiger partial charge in [0.15, 0.2) is 4.67 Å². The van der Waals surface area contributed by atoms with E-state index in [1.807, 2.05) is 12.1 Å². The minimum Gasteiger partial charge on any atom is -0.453 e. The Morgan fingerprint density at radius 2 is 2.12 bits per heavy atom. The van der Waals surface area contributed by atoms with Crippen molar-refractivity contribution in [2.24, 2.45) is 0 Å². The molecule has 0 amide bonds. The van der Waals surface area contributed by atoms with Crippen LogP contribution in [0.15, 0.2) is 21.2 Å². The molecule has 2 N–H and O–H groups in total. The van der Waals surface area contributed by atoms with Gasteiger partial charge in [-0.05, 0) is 47.8 Å². The Morgan fingerprint density at radius 3 is 2.82 bits per heavy atom. The van der Waals surface area contributed by atoms with E-state index >= 15 is 0 Å². The van der Waals surface area contributed by atoms with Gasteiger partial charge in [-0.3, -0.25) is 0 Å². The van der Waals surface area contributed by atoms with Crippen LogP contribution in [-0.4, -0.2) is 17.3 Å². The van der Waals surface area contributed by atoms with E-state index < -0.39 is 0 Å². The predicted molar refractivity (Wildman–Crippen MR) is 70.8 cm³/mol. The van der Waals surface area contributed by atoms with Crippen LogP contribution >= 0.6 is 15.9 Å². The monoisotopic (exact) mass is 301 g/mol. The van der Waals surface area contributed by atoms with Crippen molar-refractivity contribution in [3.8, 4) is 0 Å². The van der Waals surface area contributed by atoms with E-state index in [1.165, 1.54) is 12.8 Å². The molecule has 1 aliphatic carbocycles. The number of nitrogens with one attached hydrogen (secondary N) is 1. The van der Waals surface area contributed by atoms with Gasteiger partial charge in [0, 0.05) is 6.04 Å². The first-order valence-corrected chi connectivity index (χ1v) is 7.15. The van der Waals surface area contributed by atoms with Gasteiger partial charge in [0.2, 0.25) is 0 Å². The number of hydrogen-bond acceptors (Lipinski definition) is 3. The van der Waals surface area contributed by atoms with Gasteiger partial charge in [0.25, 0.3) is 0 Å². The van der Waals surface area contributed by atoms with Crippen LogP contribution < -0.4 is 5.32 Å². The molecule has 3 atom stereocenters. The SMILES string of the molecule is CC(NC1CCCCCC1O)c1ccc(Br)o1. The minimum absolute atomic E-state index is 0.138. The third-order valence-electron chi connectivity index (χ3n) is 3.46. The number of aliphatic hydroxyl groups excluding tert-OH is 1. The summed E-state index contributed by atoms with van der Waals surface area (Å²) in [6.45, 7) is 2.07. The van der Waals surface area contributed by atoms with Crippen molar-refractivity contribution in [2.45, 2.75) is 57.2 Å². The largest absolute Gasteiger partial charge is 0.453 e. The fourth-order valence-corrected chi connectivity index (χ4v) is 2.77. The lowest BCUT2D eigenvalue weighted by Gasteiger charge is -2.25. The molecule has 0 saturated heterocycles. The zero-order valence-electron chi connectivity index (χ0n) is 10.2. The first-order valence-electron chi connectivity index (χ1n) is 6.36. The average molecular weight is 302 g/mol. The third-order valence-corrected chi connectivity index (χ3v) is 3.89. The van der Waals surface area contributed by atoms with E-state index in [-0.39, 0.29) is 18.2 Å². The molecule has 96 valence electrons. The summed E-state index contributed by atoms with van der Waals surface area (Å²) < 4.78 is 6.28. The molecule has 0 aromatic carbocycles. The first kappa shape index (κ1) is 13.1. The highest BCUT2D eigenvalue weighted by Gasteiger charge is 2.24. The van der Waals surface area contributed by atoms with Crippen LogP contribution in [0.25, 0.3) is 0 Å². The maximum absolute atomic E-state index is 10.0. The molecule has 4 heteroatoms. The third kappa shape index (κ3) is 3.57. The summed E-state index contributed by atoms with van der Waals surface area (Å²) >= 11 is 3.31. The lowest BCUT2D eigenvalue weighted by molar-refractivity contribution is 0.113. The van der Waals surface area contributed by atoms with E-state index in [4.69, 9.17) is 4.42 Å². The zero-order valence-corrected chi connectivity index (χ0v) is 11.7. The Balaban J connectivity index is 1.94. The maximum atomic E-state index is 10.0. The number of aliphatic hydroxyl groups is 1. The molecule has 17 heavy (non-hydrogen) atoms. The van der Waals surface area contributed by atoms with Gasteiger partial charge in [-0.25, -0.2) is 0 Å². The van der Waals surface area contributed by atoms with Crippen molar-refractivity contribution in [1.82, 2.24) is 5.32 Å². The van der Waals surface area contributed by atoms with Gasteiger partial charge in [-0.2, -0.15) is 0 Å². The molecule has 1 aromatic heterocycles. The van der Waals surface area contributed by atoms with E-state index in [0.29, 0.717) is 0 Å². The molecule has 0 spiro atoms. The van der Waals surface area contributed by atoms with Crippen molar-refractivity contribution < 1.29 is 9.52 Å². The number of halogens is 1. The fourth-order valence-electron chi connectivity index (χ4n) is 2.45. The second kappa shape index (κ2) is 6.03. The molecule has 0 aliphatic heterocycles. The Hall–Kier alpha value is -0.320. The molecular formula is C13H20BrNO2. The summed E-state index contributed by atoms with van der Waals surface area (Å²) in [4.78, 5) is 0. The van der Waals surface area contributed by atoms with E-state index in [9.17, 15) is 5.11 Å². The summed E-state index contributed by atoms with van der Waals surface area (Å²) in [6, 6.07) is 4.19. The van der Waals surface area contributed by atoms with Crippen molar-refractivity contribution in [2.75, 3.05) is 0 Å². The van der Waals surface area contributed by atoms with Crippen LogP contribution in [0, 0.1) is 0 Å². The minimum atomic E-state index is -0.224. The number of hydrogen-bond donors (Lipinski definition) is 2. The van der Waals surface area contributed by atoms with E-state index in [0.717, 1.165) is 29.7 Å².